The average Bonchev–Trinajstić information content (AvgIpc) is 3.48. The van der Waals surface area contributed by atoms with E-state index in [-0.39, 0.29) is 11.5 Å². The van der Waals surface area contributed by atoms with E-state index in [1.54, 1.807) is 6.26 Å². The highest BCUT2D eigenvalue weighted by Gasteiger charge is 2.17. The molecular weight excluding hydrogens is 442 g/mol. The number of aromatic nitrogens is 3. The highest BCUT2D eigenvalue weighted by molar-refractivity contribution is 7.99. The smallest absolute Gasteiger partial charge is 0.192 e. The number of hydrogen-bond donors (Lipinski definition) is 0. The van der Waals surface area contributed by atoms with Crippen LogP contribution in [0.5, 0.6) is 0 Å². The van der Waals surface area contributed by atoms with Crippen LogP contribution >= 0.6 is 23.4 Å². The number of fused-ring (bicyclic) bond motifs is 1. The Hall–Kier alpha value is -3.35. The van der Waals surface area contributed by atoms with Crippen molar-refractivity contribution in [3.8, 4) is 11.4 Å². The number of nitrogens with zero attached hydrogens (tertiary/aromatic N) is 3. The molecule has 0 spiro atoms. The summed E-state index contributed by atoms with van der Waals surface area (Å²) in [7, 11) is 0. The molecule has 0 saturated heterocycles. The molecule has 7 heteroatoms. The number of carbonyl (C=O) groups is 1. The van der Waals surface area contributed by atoms with Gasteiger partial charge in [-0.15, -0.1) is 10.2 Å². The molecular formula is C25H18ClN3O2S. The average molecular weight is 460 g/mol. The van der Waals surface area contributed by atoms with Gasteiger partial charge in [0.1, 0.15) is 5.76 Å². The second kappa shape index (κ2) is 9.02. The van der Waals surface area contributed by atoms with E-state index in [9.17, 15) is 4.79 Å². The number of halogens is 1. The lowest BCUT2D eigenvalue weighted by molar-refractivity contribution is 0.102. The molecule has 0 aliphatic heterocycles. The van der Waals surface area contributed by atoms with Crippen LogP contribution in [0.25, 0.3) is 22.2 Å². The molecule has 5 aromatic rings. The van der Waals surface area contributed by atoms with Gasteiger partial charge in [0.2, 0.25) is 0 Å². The first-order chi connectivity index (χ1) is 15.7. The summed E-state index contributed by atoms with van der Waals surface area (Å²) in [5.74, 6) is 1.78. The van der Waals surface area contributed by atoms with Crippen LogP contribution in [0.4, 0.5) is 0 Å². The summed E-state index contributed by atoms with van der Waals surface area (Å²) in [6, 6.07) is 25.0. The summed E-state index contributed by atoms with van der Waals surface area (Å²) in [6.07, 6.45) is 1.64. The molecule has 0 aliphatic carbocycles. The second-order valence-corrected chi connectivity index (χ2v) is 8.63. The number of thioether (sulfide) groups is 1. The molecule has 2 heterocycles. The number of ketones is 1. The summed E-state index contributed by atoms with van der Waals surface area (Å²) in [4.78, 5) is 12.9. The van der Waals surface area contributed by atoms with Crippen LogP contribution in [0.15, 0.2) is 94.7 Å². The minimum absolute atomic E-state index is 0.0429. The predicted octanol–water partition coefficient (Wildman–Crippen LogP) is 6.37. The minimum Gasteiger partial charge on any atom is -0.467 e. The Labute approximate surface area is 194 Å². The zero-order valence-electron chi connectivity index (χ0n) is 16.9. The van der Waals surface area contributed by atoms with E-state index in [2.05, 4.69) is 10.2 Å². The van der Waals surface area contributed by atoms with E-state index in [1.165, 1.54) is 11.8 Å². The van der Waals surface area contributed by atoms with Crippen molar-refractivity contribution in [2.24, 2.45) is 0 Å². The molecule has 3 aromatic carbocycles. The second-order valence-electron chi connectivity index (χ2n) is 7.25. The van der Waals surface area contributed by atoms with Gasteiger partial charge in [-0.2, -0.15) is 0 Å². The number of hydrogen-bond acceptors (Lipinski definition) is 5. The molecule has 2 aromatic heterocycles. The van der Waals surface area contributed by atoms with Crippen molar-refractivity contribution in [3.63, 3.8) is 0 Å². The Kier molecular flexibility index (Phi) is 5.79. The van der Waals surface area contributed by atoms with Crippen LogP contribution in [0, 0.1) is 0 Å². The fraction of sp³-hybridized carbons (Fsp3) is 0.0800. The fourth-order valence-corrected chi connectivity index (χ4v) is 4.44. The highest BCUT2D eigenvalue weighted by Crippen LogP contribution is 2.27. The molecule has 0 amide bonds. The summed E-state index contributed by atoms with van der Waals surface area (Å²) in [6.45, 7) is 0.463. The lowest BCUT2D eigenvalue weighted by atomic mass is 10.1. The highest BCUT2D eigenvalue weighted by atomic mass is 35.5. The molecule has 158 valence electrons. The zero-order valence-corrected chi connectivity index (χ0v) is 18.5. The number of rotatable bonds is 7. The maximum absolute atomic E-state index is 12.9. The molecule has 0 bridgehead atoms. The van der Waals surface area contributed by atoms with E-state index in [4.69, 9.17) is 16.0 Å². The lowest BCUT2D eigenvalue weighted by Gasteiger charge is -2.09. The Morgan fingerprint density at radius 1 is 0.938 bits per heavy atom. The van der Waals surface area contributed by atoms with Crippen molar-refractivity contribution in [1.82, 2.24) is 14.8 Å². The molecule has 0 unspecified atom stereocenters. The van der Waals surface area contributed by atoms with Crippen molar-refractivity contribution in [2.45, 2.75) is 11.7 Å². The van der Waals surface area contributed by atoms with Crippen LogP contribution in [-0.4, -0.2) is 26.3 Å². The fourth-order valence-electron chi connectivity index (χ4n) is 3.49. The molecule has 0 saturated carbocycles. The summed E-state index contributed by atoms with van der Waals surface area (Å²) < 4.78 is 7.49. The first-order valence-electron chi connectivity index (χ1n) is 10.0. The molecule has 5 rings (SSSR count). The number of furan rings is 1. The summed E-state index contributed by atoms with van der Waals surface area (Å²) >= 11 is 7.41. The van der Waals surface area contributed by atoms with Gasteiger partial charge in [-0.3, -0.25) is 9.36 Å². The lowest BCUT2D eigenvalue weighted by Crippen LogP contribution is -2.06. The van der Waals surface area contributed by atoms with E-state index in [1.807, 2.05) is 83.4 Å². The normalized spacial score (nSPS) is 11.2. The predicted molar refractivity (Wildman–Crippen MR) is 127 cm³/mol. The van der Waals surface area contributed by atoms with E-state index in [0.717, 1.165) is 22.1 Å². The van der Waals surface area contributed by atoms with Crippen molar-refractivity contribution in [1.29, 1.82) is 0 Å². The third kappa shape index (κ3) is 4.33. The van der Waals surface area contributed by atoms with Gasteiger partial charge in [-0.25, -0.2) is 0 Å². The molecule has 32 heavy (non-hydrogen) atoms. The van der Waals surface area contributed by atoms with E-state index >= 15 is 0 Å². The largest absolute Gasteiger partial charge is 0.467 e. The van der Waals surface area contributed by atoms with Crippen molar-refractivity contribution in [3.05, 3.63) is 101 Å². The van der Waals surface area contributed by atoms with Crippen LogP contribution in [0.3, 0.4) is 0 Å². The topological polar surface area (TPSA) is 60.9 Å². The van der Waals surface area contributed by atoms with Gasteiger partial charge < -0.3 is 4.42 Å². The van der Waals surface area contributed by atoms with Crippen molar-refractivity contribution >= 4 is 39.9 Å². The number of Topliss-reactive ketones (excluding diaryl/α,β-unsaturated/α-hetero) is 1. The summed E-state index contributed by atoms with van der Waals surface area (Å²) in [5.41, 5.74) is 1.58. The molecule has 0 radical (unpaired) electrons. The minimum atomic E-state index is 0.0429. The third-order valence-corrected chi connectivity index (χ3v) is 6.34. The molecule has 5 nitrogen and oxygen atoms in total. The maximum Gasteiger partial charge on any atom is 0.192 e. The van der Waals surface area contributed by atoms with Gasteiger partial charge in [0.25, 0.3) is 0 Å². The standard InChI is InChI=1S/C25H18ClN3O2S/c26-21-11-9-18(10-12-21)24-27-28-25(29(24)15-22-6-3-13-31-22)32-16-23(30)20-8-7-17-4-1-2-5-19(17)14-20/h1-14H,15-16H2. The molecule has 0 atom stereocenters. The Bertz CT molecular complexity index is 1380. The number of carbonyl (C=O) groups excluding carboxylic acids is 1. The molecule has 0 N–H and O–H groups in total. The van der Waals surface area contributed by atoms with Crippen molar-refractivity contribution < 1.29 is 9.21 Å². The first-order valence-corrected chi connectivity index (χ1v) is 11.4. The van der Waals surface area contributed by atoms with Gasteiger partial charge in [-0.1, -0.05) is 59.8 Å². The van der Waals surface area contributed by atoms with Crippen molar-refractivity contribution in [2.75, 3.05) is 5.75 Å². The van der Waals surface area contributed by atoms with Crippen LogP contribution < -0.4 is 0 Å². The van der Waals surface area contributed by atoms with E-state index < -0.39 is 0 Å². The van der Waals surface area contributed by atoms with Crippen LogP contribution in [0.1, 0.15) is 16.1 Å². The quantitative estimate of drug-likeness (QED) is 0.209. The first kappa shape index (κ1) is 20.5. The Balaban J connectivity index is 1.40. The van der Waals surface area contributed by atoms with Gasteiger partial charge in [-0.05, 0) is 53.2 Å². The Morgan fingerprint density at radius 2 is 1.75 bits per heavy atom. The van der Waals surface area contributed by atoms with Gasteiger partial charge in [0.05, 0.1) is 18.6 Å². The van der Waals surface area contributed by atoms with E-state index in [0.29, 0.717) is 28.1 Å². The molecule has 0 aliphatic rings. The SMILES string of the molecule is O=C(CSc1nnc(-c2ccc(Cl)cc2)n1Cc1ccco1)c1ccc2ccccc2c1. The van der Waals surface area contributed by atoms with Crippen LogP contribution in [-0.2, 0) is 6.54 Å². The zero-order chi connectivity index (χ0) is 21.9. The van der Waals surface area contributed by atoms with Gasteiger partial charge in [0.15, 0.2) is 16.8 Å². The monoisotopic (exact) mass is 459 g/mol. The van der Waals surface area contributed by atoms with Gasteiger partial charge >= 0.3 is 0 Å². The summed E-state index contributed by atoms with van der Waals surface area (Å²) in [5, 5.41) is 12.2. The van der Waals surface area contributed by atoms with Crippen LogP contribution in [0.2, 0.25) is 5.02 Å². The maximum atomic E-state index is 12.9. The third-order valence-electron chi connectivity index (χ3n) is 5.12. The Morgan fingerprint density at radius 3 is 2.53 bits per heavy atom. The number of benzene rings is 3. The molecule has 0 fully saturated rings. The van der Waals surface area contributed by atoms with Gasteiger partial charge in [0, 0.05) is 16.1 Å².